The zero-order chi connectivity index (χ0) is 14.3. The average Bonchev–Trinajstić information content (AvgIpc) is 2.40. The van der Waals surface area contributed by atoms with Gasteiger partial charge in [0.1, 0.15) is 18.5 Å². The van der Waals surface area contributed by atoms with Gasteiger partial charge in [-0.2, -0.15) is 0 Å². The highest BCUT2D eigenvalue weighted by atomic mass is 35.5. The molecule has 6 heteroatoms. The summed E-state index contributed by atoms with van der Waals surface area (Å²) in [5.41, 5.74) is 0.915. The van der Waals surface area contributed by atoms with Crippen LogP contribution in [-0.4, -0.2) is 53.8 Å². The van der Waals surface area contributed by atoms with Crippen LogP contribution in [0.25, 0.3) is 0 Å². The lowest BCUT2D eigenvalue weighted by atomic mass is 10.2. The quantitative estimate of drug-likeness (QED) is 0.554. The number of aryl methyl sites for hydroxylation is 1. The third-order valence-corrected chi connectivity index (χ3v) is 2.97. The van der Waals surface area contributed by atoms with Crippen molar-refractivity contribution in [3.05, 3.63) is 28.8 Å². The lowest BCUT2D eigenvalue weighted by Crippen LogP contribution is -2.37. The summed E-state index contributed by atoms with van der Waals surface area (Å²) >= 11 is 5.90. The summed E-state index contributed by atoms with van der Waals surface area (Å²) in [6.45, 7) is 2.23. The molecule has 0 saturated carbocycles. The monoisotopic (exact) mass is 289 g/mol. The molecule has 0 aliphatic rings. The van der Waals surface area contributed by atoms with Crippen molar-refractivity contribution in [3.63, 3.8) is 0 Å². The van der Waals surface area contributed by atoms with Crippen LogP contribution in [0.15, 0.2) is 18.2 Å². The van der Waals surface area contributed by atoms with E-state index in [1.54, 1.807) is 18.2 Å². The van der Waals surface area contributed by atoms with Crippen LogP contribution < -0.4 is 10.1 Å². The van der Waals surface area contributed by atoms with Gasteiger partial charge >= 0.3 is 0 Å². The normalized spacial score (nSPS) is 14.2. The molecule has 1 aromatic carbocycles. The van der Waals surface area contributed by atoms with E-state index in [-0.39, 0.29) is 26.3 Å². The second-order valence-corrected chi connectivity index (χ2v) is 4.78. The second kappa shape index (κ2) is 8.35. The van der Waals surface area contributed by atoms with Gasteiger partial charge in [0.05, 0.1) is 12.7 Å². The minimum Gasteiger partial charge on any atom is -0.491 e. The molecule has 4 N–H and O–H groups in total. The Morgan fingerprint density at radius 2 is 1.95 bits per heavy atom. The highest BCUT2D eigenvalue weighted by Crippen LogP contribution is 2.20. The molecule has 0 saturated heterocycles. The summed E-state index contributed by atoms with van der Waals surface area (Å²) in [5, 5.41) is 30.9. The lowest BCUT2D eigenvalue weighted by molar-refractivity contribution is 0.0795. The molecule has 108 valence electrons. The van der Waals surface area contributed by atoms with Crippen molar-refractivity contribution in [2.45, 2.75) is 19.1 Å². The Bertz CT molecular complexity index is 389. The van der Waals surface area contributed by atoms with Crippen LogP contribution in [0.2, 0.25) is 5.02 Å². The number of hydrogen-bond acceptors (Lipinski definition) is 5. The molecule has 2 atom stereocenters. The van der Waals surface area contributed by atoms with Crippen molar-refractivity contribution < 1.29 is 20.1 Å². The maximum absolute atomic E-state index is 9.66. The molecule has 19 heavy (non-hydrogen) atoms. The van der Waals surface area contributed by atoms with Gasteiger partial charge in [-0.1, -0.05) is 11.6 Å². The second-order valence-electron chi connectivity index (χ2n) is 4.37. The molecule has 0 aromatic heterocycles. The highest BCUT2D eigenvalue weighted by Gasteiger charge is 2.07. The number of hydrogen-bond donors (Lipinski definition) is 4. The van der Waals surface area contributed by atoms with Crippen LogP contribution in [0.1, 0.15) is 5.56 Å². The summed E-state index contributed by atoms with van der Waals surface area (Å²) < 4.78 is 5.43. The van der Waals surface area contributed by atoms with E-state index in [2.05, 4.69) is 5.32 Å². The first-order chi connectivity index (χ1) is 9.02. The van der Waals surface area contributed by atoms with Gasteiger partial charge in [-0.25, -0.2) is 0 Å². The van der Waals surface area contributed by atoms with E-state index in [0.29, 0.717) is 10.8 Å². The Hall–Kier alpha value is -0.850. The maximum atomic E-state index is 9.66. The molecular weight excluding hydrogens is 270 g/mol. The van der Waals surface area contributed by atoms with Crippen molar-refractivity contribution >= 4 is 11.6 Å². The fourth-order valence-corrected chi connectivity index (χ4v) is 1.56. The largest absolute Gasteiger partial charge is 0.491 e. The van der Waals surface area contributed by atoms with Gasteiger partial charge in [0.15, 0.2) is 0 Å². The number of halogens is 1. The van der Waals surface area contributed by atoms with E-state index in [0.717, 1.165) is 5.56 Å². The molecule has 2 unspecified atom stereocenters. The molecule has 1 rings (SSSR count). The van der Waals surface area contributed by atoms with Crippen molar-refractivity contribution in [1.29, 1.82) is 0 Å². The minimum absolute atomic E-state index is 0.142. The van der Waals surface area contributed by atoms with Crippen LogP contribution in [0.5, 0.6) is 5.75 Å². The van der Waals surface area contributed by atoms with Crippen molar-refractivity contribution in [2.24, 2.45) is 0 Å². The van der Waals surface area contributed by atoms with E-state index in [1.807, 2.05) is 6.92 Å². The van der Waals surface area contributed by atoms with E-state index < -0.39 is 12.2 Å². The van der Waals surface area contributed by atoms with Crippen molar-refractivity contribution in [3.8, 4) is 5.75 Å². The van der Waals surface area contributed by atoms with Crippen LogP contribution >= 0.6 is 11.6 Å². The van der Waals surface area contributed by atoms with Gasteiger partial charge in [-0.3, -0.25) is 0 Å². The topological polar surface area (TPSA) is 82.0 Å². The SMILES string of the molecule is Cc1cc(OCC(O)CNCC(O)CO)ccc1Cl. The van der Waals surface area contributed by atoms with E-state index in [4.69, 9.17) is 26.6 Å². The van der Waals surface area contributed by atoms with Crippen LogP contribution in [0.3, 0.4) is 0 Å². The first-order valence-electron chi connectivity index (χ1n) is 6.09. The first-order valence-corrected chi connectivity index (χ1v) is 6.47. The maximum Gasteiger partial charge on any atom is 0.119 e. The molecule has 0 spiro atoms. The third-order valence-electron chi connectivity index (χ3n) is 2.54. The number of ether oxygens (including phenoxy) is 1. The van der Waals surface area contributed by atoms with Crippen molar-refractivity contribution in [1.82, 2.24) is 5.32 Å². The third kappa shape index (κ3) is 6.22. The number of rotatable bonds is 8. The number of aliphatic hydroxyl groups is 3. The van der Waals surface area contributed by atoms with E-state index in [9.17, 15) is 5.11 Å². The predicted molar refractivity (Wildman–Crippen MR) is 73.7 cm³/mol. The number of nitrogens with one attached hydrogen (secondary N) is 1. The molecule has 0 fully saturated rings. The fourth-order valence-electron chi connectivity index (χ4n) is 1.44. The molecule has 0 amide bonds. The molecule has 0 heterocycles. The lowest BCUT2D eigenvalue weighted by Gasteiger charge is -2.15. The van der Waals surface area contributed by atoms with Gasteiger partial charge in [-0.15, -0.1) is 0 Å². The summed E-state index contributed by atoms with van der Waals surface area (Å²) in [4.78, 5) is 0. The molecule has 0 aliphatic carbocycles. The Labute approximate surface area is 117 Å². The Morgan fingerprint density at radius 1 is 1.26 bits per heavy atom. The minimum atomic E-state index is -0.813. The predicted octanol–water partition coefficient (Wildman–Crippen LogP) is 0.331. The summed E-state index contributed by atoms with van der Waals surface area (Å²) in [6, 6.07) is 5.29. The zero-order valence-electron chi connectivity index (χ0n) is 10.8. The smallest absolute Gasteiger partial charge is 0.119 e. The van der Waals surface area contributed by atoms with Crippen LogP contribution in [0.4, 0.5) is 0 Å². The Morgan fingerprint density at radius 3 is 2.58 bits per heavy atom. The van der Waals surface area contributed by atoms with Crippen molar-refractivity contribution in [2.75, 3.05) is 26.3 Å². The fraction of sp³-hybridized carbons (Fsp3) is 0.538. The van der Waals surface area contributed by atoms with Gasteiger partial charge < -0.3 is 25.4 Å². The summed E-state index contributed by atoms with van der Waals surface area (Å²) in [6.07, 6.45) is -1.51. The highest BCUT2D eigenvalue weighted by molar-refractivity contribution is 6.31. The first kappa shape index (κ1) is 16.2. The molecule has 0 bridgehead atoms. The molecule has 1 aromatic rings. The van der Waals surface area contributed by atoms with Gasteiger partial charge in [-0.05, 0) is 30.7 Å². The molecule has 5 nitrogen and oxygen atoms in total. The molecule has 0 radical (unpaired) electrons. The van der Waals surface area contributed by atoms with E-state index in [1.165, 1.54) is 0 Å². The summed E-state index contributed by atoms with van der Waals surface area (Å²) in [5.74, 6) is 0.649. The summed E-state index contributed by atoms with van der Waals surface area (Å²) in [7, 11) is 0. The number of benzene rings is 1. The Kier molecular flexibility index (Phi) is 7.12. The standard InChI is InChI=1S/C13H20ClNO4/c1-9-4-12(2-3-13(9)14)19-8-11(18)6-15-5-10(17)7-16/h2-4,10-11,15-18H,5-8H2,1H3. The Balaban J connectivity index is 2.25. The zero-order valence-corrected chi connectivity index (χ0v) is 11.6. The van der Waals surface area contributed by atoms with Gasteiger partial charge in [0.25, 0.3) is 0 Å². The molecule has 0 aliphatic heterocycles. The van der Waals surface area contributed by atoms with E-state index >= 15 is 0 Å². The van der Waals surface area contributed by atoms with Crippen LogP contribution in [0, 0.1) is 6.92 Å². The average molecular weight is 290 g/mol. The van der Waals surface area contributed by atoms with Crippen LogP contribution in [-0.2, 0) is 0 Å². The van der Waals surface area contributed by atoms with Gasteiger partial charge in [0.2, 0.25) is 0 Å². The van der Waals surface area contributed by atoms with Gasteiger partial charge in [0, 0.05) is 18.1 Å². The number of aliphatic hydroxyl groups excluding tert-OH is 3. The molecular formula is C13H20ClNO4.